The molecule has 4 heteroatoms. The Bertz CT molecular complexity index is 661. The van der Waals surface area contributed by atoms with E-state index in [9.17, 15) is 0 Å². The molecule has 0 fully saturated rings. The van der Waals surface area contributed by atoms with Crippen LogP contribution in [0.2, 0.25) is 0 Å². The summed E-state index contributed by atoms with van der Waals surface area (Å²) >= 11 is 0. The van der Waals surface area contributed by atoms with Crippen molar-refractivity contribution in [2.24, 2.45) is 4.99 Å². The lowest BCUT2D eigenvalue weighted by Gasteiger charge is -2.25. The predicted molar refractivity (Wildman–Crippen MR) is 82.0 cm³/mol. The molecule has 0 saturated heterocycles. The molecule has 21 heavy (non-hydrogen) atoms. The Labute approximate surface area is 123 Å². The molecular weight excluding hydrogens is 262 g/mol. The van der Waals surface area contributed by atoms with E-state index >= 15 is 0 Å². The SMILES string of the molecule is C1=NCC(C(c2cccnc2)c2cccc3c2OCC3)N1. The van der Waals surface area contributed by atoms with Gasteiger partial charge in [0.2, 0.25) is 0 Å². The topological polar surface area (TPSA) is 46.5 Å². The monoisotopic (exact) mass is 279 g/mol. The van der Waals surface area contributed by atoms with Crippen LogP contribution >= 0.6 is 0 Å². The number of para-hydroxylation sites is 1. The van der Waals surface area contributed by atoms with Crippen LogP contribution in [0.5, 0.6) is 5.75 Å². The second-order valence-electron chi connectivity index (χ2n) is 5.47. The van der Waals surface area contributed by atoms with Gasteiger partial charge in [0.05, 0.1) is 25.5 Å². The molecular formula is C17H17N3O. The van der Waals surface area contributed by atoms with Crippen molar-refractivity contribution >= 4 is 6.34 Å². The summed E-state index contributed by atoms with van der Waals surface area (Å²) in [4.78, 5) is 8.62. The number of nitrogens with zero attached hydrogens (tertiary/aromatic N) is 2. The summed E-state index contributed by atoms with van der Waals surface area (Å²) in [5.74, 6) is 1.26. The standard InChI is InChI=1S/C17H17N3O/c1-3-12-6-8-21-17(12)14(5-1)16(15-10-19-11-20-15)13-4-2-7-18-9-13/h1-5,7,9,11,15-16H,6,8,10H2,(H,19,20). The number of benzene rings is 1. The Hall–Kier alpha value is -2.36. The van der Waals surface area contributed by atoms with Crippen molar-refractivity contribution in [2.45, 2.75) is 18.4 Å². The minimum Gasteiger partial charge on any atom is -0.493 e. The van der Waals surface area contributed by atoms with Gasteiger partial charge in [0.25, 0.3) is 0 Å². The first kappa shape index (κ1) is 12.4. The van der Waals surface area contributed by atoms with Crippen molar-refractivity contribution < 1.29 is 4.74 Å². The molecule has 1 aromatic heterocycles. The average molecular weight is 279 g/mol. The van der Waals surface area contributed by atoms with E-state index in [-0.39, 0.29) is 12.0 Å². The van der Waals surface area contributed by atoms with Gasteiger partial charge in [-0.1, -0.05) is 24.3 Å². The number of nitrogens with one attached hydrogen (secondary N) is 1. The van der Waals surface area contributed by atoms with E-state index in [2.05, 4.69) is 39.6 Å². The average Bonchev–Trinajstić information content (AvgIpc) is 3.20. The number of aromatic nitrogens is 1. The first-order chi connectivity index (χ1) is 10.4. The van der Waals surface area contributed by atoms with Crippen molar-refractivity contribution in [3.8, 4) is 5.75 Å². The summed E-state index contributed by atoms with van der Waals surface area (Å²) in [5, 5.41) is 3.37. The Morgan fingerprint density at radius 1 is 1.24 bits per heavy atom. The van der Waals surface area contributed by atoms with Crippen LogP contribution in [-0.4, -0.2) is 30.5 Å². The summed E-state index contributed by atoms with van der Waals surface area (Å²) in [5.41, 5.74) is 3.74. The smallest absolute Gasteiger partial charge is 0.126 e. The minimum absolute atomic E-state index is 0.203. The van der Waals surface area contributed by atoms with E-state index in [0.29, 0.717) is 0 Å². The number of ether oxygens (including phenoxy) is 1. The van der Waals surface area contributed by atoms with Gasteiger partial charge in [-0.2, -0.15) is 0 Å². The minimum atomic E-state index is 0.203. The van der Waals surface area contributed by atoms with Crippen molar-refractivity contribution in [3.05, 3.63) is 59.4 Å². The number of pyridine rings is 1. The van der Waals surface area contributed by atoms with Crippen molar-refractivity contribution in [2.75, 3.05) is 13.2 Å². The third kappa shape index (κ3) is 2.17. The summed E-state index contributed by atoms with van der Waals surface area (Å²) < 4.78 is 5.90. The van der Waals surface area contributed by atoms with Gasteiger partial charge in [-0.15, -0.1) is 0 Å². The summed E-state index contributed by atoms with van der Waals surface area (Å²) in [6, 6.07) is 10.8. The number of hydrogen-bond acceptors (Lipinski definition) is 4. The summed E-state index contributed by atoms with van der Waals surface area (Å²) in [7, 11) is 0. The van der Waals surface area contributed by atoms with E-state index in [0.717, 1.165) is 25.3 Å². The van der Waals surface area contributed by atoms with Gasteiger partial charge in [-0.05, 0) is 17.2 Å². The molecule has 2 aliphatic heterocycles. The second-order valence-corrected chi connectivity index (χ2v) is 5.47. The van der Waals surface area contributed by atoms with Gasteiger partial charge in [0.1, 0.15) is 5.75 Å². The molecule has 2 atom stereocenters. The van der Waals surface area contributed by atoms with Gasteiger partial charge in [0.15, 0.2) is 0 Å². The van der Waals surface area contributed by atoms with Crippen LogP contribution in [0.15, 0.2) is 47.7 Å². The lowest BCUT2D eigenvalue weighted by atomic mass is 9.84. The van der Waals surface area contributed by atoms with Crippen LogP contribution in [-0.2, 0) is 6.42 Å². The predicted octanol–water partition coefficient (Wildman–Crippen LogP) is 2.15. The quantitative estimate of drug-likeness (QED) is 0.936. The highest BCUT2D eigenvalue weighted by molar-refractivity contribution is 5.59. The van der Waals surface area contributed by atoms with E-state index in [4.69, 9.17) is 4.74 Å². The Morgan fingerprint density at radius 2 is 2.24 bits per heavy atom. The third-order valence-electron chi connectivity index (χ3n) is 4.21. The molecule has 0 aliphatic carbocycles. The van der Waals surface area contributed by atoms with Crippen LogP contribution in [0.3, 0.4) is 0 Å². The molecule has 0 amide bonds. The molecule has 0 bridgehead atoms. The number of fused-ring (bicyclic) bond motifs is 1. The second kappa shape index (κ2) is 5.20. The first-order valence-electron chi connectivity index (χ1n) is 7.32. The fraction of sp³-hybridized carbons (Fsp3) is 0.294. The maximum absolute atomic E-state index is 5.90. The Morgan fingerprint density at radius 3 is 3.05 bits per heavy atom. The largest absolute Gasteiger partial charge is 0.493 e. The molecule has 2 unspecified atom stereocenters. The fourth-order valence-electron chi connectivity index (χ4n) is 3.24. The zero-order chi connectivity index (χ0) is 14.1. The molecule has 106 valence electrons. The fourth-order valence-corrected chi connectivity index (χ4v) is 3.24. The number of rotatable bonds is 3. The summed E-state index contributed by atoms with van der Waals surface area (Å²) in [6.45, 7) is 1.56. The van der Waals surface area contributed by atoms with Crippen LogP contribution in [0.4, 0.5) is 0 Å². The molecule has 4 rings (SSSR count). The Balaban J connectivity index is 1.81. The number of hydrogen-bond donors (Lipinski definition) is 1. The van der Waals surface area contributed by atoms with Gasteiger partial charge >= 0.3 is 0 Å². The van der Waals surface area contributed by atoms with Gasteiger partial charge in [-0.3, -0.25) is 9.98 Å². The highest BCUT2D eigenvalue weighted by atomic mass is 16.5. The molecule has 0 spiro atoms. The first-order valence-corrected chi connectivity index (χ1v) is 7.32. The van der Waals surface area contributed by atoms with Gasteiger partial charge < -0.3 is 10.1 Å². The highest BCUT2D eigenvalue weighted by Gasteiger charge is 2.30. The Kier molecular flexibility index (Phi) is 3.07. The van der Waals surface area contributed by atoms with E-state index in [1.807, 2.05) is 18.5 Å². The molecule has 3 heterocycles. The zero-order valence-electron chi connectivity index (χ0n) is 11.7. The van der Waals surface area contributed by atoms with E-state index in [1.165, 1.54) is 16.7 Å². The van der Waals surface area contributed by atoms with Crippen molar-refractivity contribution in [1.82, 2.24) is 10.3 Å². The molecule has 0 saturated carbocycles. The van der Waals surface area contributed by atoms with Gasteiger partial charge in [-0.25, -0.2) is 0 Å². The lowest BCUT2D eigenvalue weighted by Crippen LogP contribution is -2.33. The molecule has 1 N–H and O–H groups in total. The normalized spacial score (nSPS) is 20.7. The molecule has 0 radical (unpaired) electrons. The zero-order valence-corrected chi connectivity index (χ0v) is 11.7. The van der Waals surface area contributed by atoms with E-state index in [1.54, 1.807) is 6.34 Å². The molecule has 2 aliphatic rings. The van der Waals surface area contributed by atoms with Crippen molar-refractivity contribution in [1.29, 1.82) is 0 Å². The molecule has 2 aromatic rings. The maximum Gasteiger partial charge on any atom is 0.126 e. The lowest BCUT2D eigenvalue weighted by molar-refractivity contribution is 0.350. The van der Waals surface area contributed by atoms with Crippen LogP contribution in [0, 0.1) is 0 Å². The van der Waals surface area contributed by atoms with Crippen LogP contribution < -0.4 is 10.1 Å². The molecule has 4 nitrogen and oxygen atoms in total. The highest BCUT2D eigenvalue weighted by Crippen LogP contribution is 2.39. The molecule has 1 aromatic carbocycles. The number of aliphatic imine (C=N–C) groups is 1. The van der Waals surface area contributed by atoms with Crippen LogP contribution in [0.25, 0.3) is 0 Å². The van der Waals surface area contributed by atoms with Crippen LogP contribution in [0.1, 0.15) is 22.6 Å². The van der Waals surface area contributed by atoms with Gasteiger partial charge in [0, 0.05) is 30.3 Å². The van der Waals surface area contributed by atoms with Crippen molar-refractivity contribution in [3.63, 3.8) is 0 Å². The third-order valence-corrected chi connectivity index (χ3v) is 4.21. The van der Waals surface area contributed by atoms with E-state index < -0.39 is 0 Å². The summed E-state index contributed by atoms with van der Waals surface area (Å²) in [6.07, 6.45) is 6.56. The maximum atomic E-state index is 5.90.